The predicted octanol–water partition coefficient (Wildman–Crippen LogP) is 1.63. The van der Waals surface area contributed by atoms with E-state index in [0.29, 0.717) is 19.0 Å². The Morgan fingerprint density at radius 2 is 1.79 bits per heavy atom. The highest BCUT2D eigenvalue weighted by atomic mass is 19.4. The lowest BCUT2D eigenvalue weighted by atomic mass is 10.4. The van der Waals surface area contributed by atoms with Gasteiger partial charge < -0.3 is 15.4 Å². The summed E-state index contributed by atoms with van der Waals surface area (Å²) in [5, 5.41) is 0. The molecule has 0 aliphatic carbocycles. The first-order valence-electron chi connectivity index (χ1n) is 5.81. The van der Waals surface area contributed by atoms with E-state index in [-0.39, 0.29) is 12.0 Å². The average Bonchev–Trinajstić information content (AvgIpc) is 2.28. The number of nitrogens with zero attached hydrogens (tertiary/aromatic N) is 4. The maximum Gasteiger partial charge on any atom is 0.392 e. The van der Waals surface area contributed by atoms with Gasteiger partial charge in [0.25, 0.3) is 0 Å². The van der Waals surface area contributed by atoms with Crippen LogP contribution < -0.4 is 15.4 Å². The maximum atomic E-state index is 12.0. The second kappa shape index (κ2) is 6.39. The molecular formula is C10H16F3N5O. The third kappa shape index (κ3) is 5.14. The van der Waals surface area contributed by atoms with E-state index in [2.05, 4.69) is 15.0 Å². The van der Waals surface area contributed by atoms with Gasteiger partial charge in [0.05, 0.1) is 6.42 Å². The number of alkyl halides is 3. The summed E-state index contributed by atoms with van der Waals surface area (Å²) in [6, 6.07) is -0.196. The summed E-state index contributed by atoms with van der Waals surface area (Å²) in [5.74, 6) is 0.207. The molecule has 0 aliphatic rings. The number of nitrogen functional groups attached to an aromatic ring is 1. The smallest absolute Gasteiger partial charge is 0.392 e. The summed E-state index contributed by atoms with van der Waals surface area (Å²) in [7, 11) is 0. The molecule has 0 saturated carbocycles. The van der Waals surface area contributed by atoms with Gasteiger partial charge in [-0.25, -0.2) is 0 Å². The molecule has 0 radical (unpaired) electrons. The Hall–Kier alpha value is -1.80. The Labute approximate surface area is 108 Å². The van der Waals surface area contributed by atoms with Gasteiger partial charge in [0.2, 0.25) is 11.9 Å². The summed E-state index contributed by atoms with van der Waals surface area (Å²) in [5.41, 5.74) is 5.47. The lowest BCUT2D eigenvalue weighted by Crippen LogP contribution is -2.25. The van der Waals surface area contributed by atoms with Crippen LogP contribution in [0.5, 0.6) is 6.01 Å². The molecule has 0 bridgehead atoms. The van der Waals surface area contributed by atoms with Gasteiger partial charge in [0, 0.05) is 13.1 Å². The zero-order valence-corrected chi connectivity index (χ0v) is 10.7. The Kier molecular flexibility index (Phi) is 5.13. The van der Waals surface area contributed by atoms with Crippen molar-refractivity contribution in [3.63, 3.8) is 0 Å². The molecule has 0 atom stereocenters. The van der Waals surface area contributed by atoms with Crippen molar-refractivity contribution in [2.45, 2.75) is 26.4 Å². The third-order valence-corrected chi connectivity index (χ3v) is 2.28. The fourth-order valence-corrected chi connectivity index (χ4v) is 1.33. The van der Waals surface area contributed by atoms with Crippen LogP contribution in [0.1, 0.15) is 20.3 Å². The van der Waals surface area contributed by atoms with Crippen LogP contribution in [0.2, 0.25) is 0 Å². The molecule has 1 rings (SSSR count). The number of halogens is 3. The van der Waals surface area contributed by atoms with E-state index in [9.17, 15) is 13.2 Å². The van der Waals surface area contributed by atoms with Crippen molar-refractivity contribution in [2.24, 2.45) is 0 Å². The van der Waals surface area contributed by atoms with Gasteiger partial charge in [-0.1, -0.05) is 0 Å². The molecule has 0 aromatic carbocycles. The highest BCUT2D eigenvalue weighted by Crippen LogP contribution is 2.20. The lowest BCUT2D eigenvalue weighted by molar-refractivity contribution is -0.139. The molecule has 6 nitrogen and oxygen atoms in total. The Morgan fingerprint density at radius 3 is 2.32 bits per heavy atom. The SMILES string of the molecule is CCN(CC)c1nc(N)nc(OCCC(F)(F)F)n1. The molecule has 0 fully saturated rings. The average molecular weight is 279 g/mol. The number of ether oxygens (including phenoxy) is 1. The van der Waals surface area contributed by atoms with Crippen LogP contribution in [0, 0.1) is 0 Å². The summed E-state index contributed by atoms with van der Waals surface area (Å²) >= 11 is 0. The first kappa shape index (κ1) is 15.3. The van der Waals surface area contributed by atoms with Crippen LogP contribution in [0.4, 0.5) is 25.1 Å². The molecule has 1 aromatic heterocycles. The van der Waals surface area contributed by atoms with Gasteiger partial charge in [0.15, 0.2) is 0 Å². The van der Waals surface area contributed by atoms with Gasteiger partial charge in [-0.15, -0.1) is 0 Å². The van der Waals surface area contributed by atoms with Crippen molar-refractivity contribution in [1.82, 2.24) is 15.0 Å². The molecule has 2 N–H and O–H groups in total. The number of hydrogen-bond acceptors (Lipinski definition) is 6. The number of nitrogens with two attached hydrogens (primary N) is 1. The monoisotopic (exact) mass is 279 g/mol. The highest BCUT2D eigenvalue weighted by molar-refractivity contribution is 5.35. The fraction of sp³-hybridized carbons (Fsp3) is 0.700. The van der Waals surface area contributed by atoms with Crippen LogP contribution in [0.3, 0.4) is 0 Å². The molecule has 0 spiro atoms. The summed E-state index contributed by atoms with van der Waals surface area (Å²) in [6.07, 6.45) is -5.35. The first-order valence-corrected chi connectivity index (χ1v) is 5.81. The highest BCUT2D eigenvalue weighted by Gasteiger charge is 2.27. The van der Waals surface area contributed by atoms with Crippen LogP contribution >= 0.6 is 0 Å². The standard InChI is InChI=1S/C10H16F3N5O/c1-3-18(4-2)8-15-7(14)16-9(17-8)19-6-5-10(11,12)13/h3-6H2,1-2H3,(H2,14,15,16,17). The van der Waals surface area contributed by atoms with Crippen molar-refractivity contribution >= 4 is 11.9 Å². The Balaban J connectivity index is 2.74. The van der Waals surface area contributed by atoms with Gasteiger partial charge in [0.1, 0.15) is 6.61 Å². The van der Waals surface area contributed by atoms with E-state index in [1.54, 1.807) is 4.90 Å². The van der Waals surface area contributed by atoms with Gasteiger partial charge in [-0.05, 0) is 13.8 Å². The van der Waals surface area contributed by atoms with Gasteiger partial charge >= 0.3 is 12.2 Å². The quantitative estimate of drug-likeness (QED) is 0.852. The number of anilines is 2. The van der Waals surface area contributed by atoms with E-state index in [0.717, 1.165) is 0 Å². The topological polar surface area (TPSA) is 77.2 Å². The number of rotatable bonds is 6. The van der Waals surface area contributed by atoms with Crippen molar-refractivity contribution in [3.05, 3.63) is 0 Å². The zero-order valence-electron chi connectivity index (χ0n) is 10.7. The summed E-state index contributed by atoms with van der Waals surface area (Å²) in [4.78, 5) is 13.3. The first-order chi connectivity index (χ1) is 8.85. The molecule has 0 unspecified atom stereocenters. The molecule has 1 aromatic rings. The normalized spacial score (nSPS) is 11.4. The molecule has 0 saturated heterocycles. The van der Waals surface area contributed by atoms with E-state index in [1.807, 2.05) is 13.8 Å². The number of hydrogen-bond donors (Lipinski definition) is 1. The van der Waals surface area contributed by atoms with Crippen LogP contribution in [0.15, 0.2) is 0 Å². The zero-order chi connectivity index (χ0) is 14.5. The molecule has 0 amide bonds. The second-order valence-electron chi connectivity index (χ2n) is 3.66. The van der Waals surface area contributed by atoms with Gasteiger partial charge in [-0.2, -0.15) is 28.1 Å². The second-order valence-corrected chi connectivity index (χ2v) is 3.66. The van der Waals surface area contributed by atoms with Gasteiger partial charge in [-0.3, -0.25) is 0 Å². The predicted molar refractivity (Wildman–Crippen MR) is 64.0 cm³/mol. The lowest BCUT2D eigenvalue weighted by Gasteiger charge is -2.18. The Bertz CT molecular complexity index is 409. The maximum absolute atomic E-state index is 12.0. The van der Waals surface area contributed by atoms with Crippen LogP contribution in [0.25, 0.3) is 0 Å². The Morgan fingerprint density at radius 1 is 1.16 bits per heavy atom. The molecule has 9 heteroatoms. The summed E-state index contributed by atoms with van der Waals surface area (Å²) < 4.78 is 40.8. The van der Waals surface area contributed by atoms with E-state index >= 15 is 0 Å². The molecule has 0 aliphatic heterocycles. The van der Waals surface area contributed by atoms with Crippen molar-refractivity contribution in [2.75, 3.05) is 30.3 Å². The minimum atomic E-state index is -4.28. The van der Waals surface area contributed by atoms with E-state index in [1.165, 1.54) is 0 Å². The van der Waals surface area contributed by atoms with Crippen molar-refractivity contribution in [3.8, 4) is 6.01 Å². The minimum Gasteiger partial charge on any atom is -0.463 e. The fourth-order valence-electron chi connectivity index (χ4n) is 1.33. The van der Waals surface area contributed by atoms with E-state index < -0.39 is 19.2 Å². The van der Waals surface area contributed by atoms with E-state index in [4.69, 9.17) is 10.5 Å². The molecule has 1 heterocycles. The van der Waals surface area contributed by atoms with Crippen molar-refractivity contribution < 1.29 is 17.9 Å². The van der Waals surface area contributed by atoms with Crippen LogP contribution in [-0.2, 0) is 0 Å². The van der Waals surface area contributed by atoms with Crippen LogP contribution in [-0.4, -0.2) is 40.8 Å². The van der Waals surface area contributed by atoms with Crippen molar-refractivity contribution in [1.29, 1.82) is 0 Å². The number of aromatic nitrogens is 3. The molecule has 108 valence electrons. The summed E-state index contributed by atoms with van der Waals surface area (Å²) in [6.45, 7) is 4.52. The minimum absolute atomic E-state index is 0.0843. The molecule has 19 heavy (non-hydrogen) atoms. The third-order valence-electron chi connectivity index (χ3n) is 2.28. The largest absolute Gasteiger partial charge is 0.463 e. The molecular weight excluding hydrogens is 263 g/mol.